The minimum atomic E-state index is -0.640. The molecule has 1 N–H and O–H groups in total. The third kappa shape index (κ3) is 4.95. The Hall–Kier alpha value is -2.67. The standard InChI is InChI=1S/C20H20BrN3O3/c1-12-7-8-17(13(2)9-12)26-14(3)20(25)22-11-18-23-19(24-27-18)15-5-4-6-16(21)10-15/h4-10,14H,11H2,1-3H3,(H,22,25)/t14-/m1/s1. The van der Waals surface area contributed by atoms with Gasteiger partial charge in [0.15, 0.2) is 6.10 Å². The second kappa shape index (κ2) is 8.35. The first kappa shape index (κ1) is 19.1. The van der Waals surface area contributed by atoms with E-state index >= 15 is 0 Å². The van der Waals surface area contributed by atoms with Crippen LogP contribution >= 0.6 is 15.9 Å². The van der Waals surface area contributed by atoms with Gasteiger partial charge in [0.2, 0.25) is 11.7 Å². The van der Waals surface area contributed by atoms with Gasteiger partial charge in [-0.2, -0.15) is 4.98 Å². The van der Waals surface area contributed by atoms with Crippen molar-refractivity contribution in [1.82, 2.24) is 15.5 Å². The van der Waals surface area contributed by atoms with Gasteiger partial charge in [0.1, 0.15) is 5.75 Å². The van der Waals surface area contributed by atoms with Gasteiger partial charge < -0.3 is 14.6 Å². The topological polar surface area (TPSA) is 77.2 Å². The van der Waals surface area contributed by atoms with Gasteiger partial charge in [-0.25, -0.2) is 0 Å². The summed E-state index contributed by atoms with van der Waals surface area (Å²) in [4.78, 5) is 16.6. The summed E-state index contributed by atoms with van der Waals surface area (Å²) in [6.07, 6.45) is -0.640. The number of rotatable bonds is 6. The van der Waals surface area contributed by atoms with Crippen LogP contribution in [0.1, 0.15) is 23.9 Å². The highest BCUT2D eigenvalue weighted by atomic mass is 79.9. The van der Waals surface area contributed by atoms with Crippen LogP contribution in [0, 0.1) is 13.8 Å². The van der Waals surface area contributed by atoms with Crippen molar-refractivity contribution in [3.05, 3.63) is 64.0 Å². The van der Waals surface area contributed by atoms with Crippen LogP contribution in [-0.4, -0.2) is 22.2 Å². The first-order valence-electron chi connectivity index (χ1n) is 8.52. The SMILES string of the molecule is Cc1ccc(O[C@H](C)C(=O)NCc2nc(-c3cccc(Br)c3)no2)c(C)c1. The molecule has 1 atom stereocenters. The molecule has 140 valence electrons. The second-order valence-corrected chi connectivity index (χ2v) is 7.18. The molecule has 0 fully saturated rings. The first-order chi connectivity index (χ1) is 12.9. The van der Waals surface area contributed by atoms with E-state index in [9.17, 15) is 4.79 Å². The number of benzene rings is 2. The van der Waals surface area contributed by atoms with Crippen LogP contribution in [0.4, 0.5) is 0 Å². The number of aryl methyl sites for hydroxylation is 2. The van der Waals surface area contributed by atoms with Crippen LogP contribution in [0.5, 0.6) is 5.75 Å². The Bertz CT molecular complexity index is 955. The van der Waals surface area contributed by atoms with E-state index in [-0.39, 0.29) is 12.5 Å². The summed E-state index contributed by atoms with van der Waals surface area (Å²) in [6, 6.07) is 13.4. The predicted octanol–water partition coefficient (Wildman–Crippen LogP) is 4.20. The molecule has 0 radical (unpaired) electrons. The number of aromatic nitrogens is 2. The van der Waals surface area contributed by atoms with Gasteiger partial charge in [0.05, 0.1) is 6.54 Å². The highest BCUT2D eigenvalue weighted by molar-refractivity contribution is 9.10. The summed E-state index contributed by atoms with van der Waals surface area (Å²) in [5.74, 6) is 1.24. The zero-order chi connectivity index (χ0) is 19.4. The summed E-state index contributed by atoms with van der Waals surface area (Å²) in [6.45, 7) is 5.81. The van der Waals surface area contributed by atoms with Gasteiger partial charge in [-0.05, 0) is 44.5 Å². The average Bonchev–Trinajstić information content (AvgIpc) is 3.11. The van der Waals surface area contributed by atoms with E-state index in [4.69, 9.17) is 9.26 Å². The Morgan fingerprint density at radius 1 is 1.26 bits per heavy atom. The monoisotopic (exact) mass is 429 g/mol. The normalized spacial score (nSPS) is 11.9. The summed E-state index contributed by atoms with van der Waals surface area (Å²) in [7, 11) is 0. The van der Waals surface area contributed by atoms with Crippen molar-refractivity contribution in [3.8, 4) is 17.1 Å². The summed E-state index contributed by atoms with van der Waals surface area (Å²) in [5.41, 5.74) is 2.97. The molecule has 1 amide bonds. The smallest absolute Gasteiger partial charge is 0.261 e. The Morgan fingerprint density at radius 3 is 2.81 bits per heavy atom. The lowest BCUT2D eigenvalue weighted by atomic mass is 10.1. The maximum absolute atomic E-state index is 12.3. The molecule has 3 rings (SSSR count). The van der Waals surface area contributed by atoms with Crippen LogP contribution < -0.4 is 10.1 Å². The fourth-order valence-corrected chi connectivity index (χ4v) is 2.95. The minimum absolute atomic E-state index is 0.139. The Labute approximate surface area is 166 Å². The van der Waals surface area contributed by atoms with Gasteiger partial charge >= 0.3 is 0 Å². The lowest BCUT2D eigenvalue weighted by Gasteiger charge is -2.16. The Kier molecular flexibility index (Phi) is 5.91. The largest absolute Gasteiger partial charge is 0.481 e. The third-order valence-electron chi connectivity index (χ3n) is 3.97. The van der Waals surface area contributed by atoms with E-state index in [0.717, 1.165) is 21.2 Å². The molecule has 27 heavy (non-hydrogen) atoms. The molecular formula is C20H20BrN3O3. The Morgan fingerprint density at radius 2 is 2.07 bits per heavy atom. The number of amides is 1. The molecule has 3 aromatic rings. The van der Waals surface area contributed by atoms with Gasteiger partial charge in [-0.15, -0.1) is 0 Å². The molecule has 0 aliphatic heterocycles. The zero-order valence-corrected chi connectivity index (χ0v) is 16.9. The van der Waals surface area contributed by atoms with Crippen molar-refractivity contribution in [2.75, 3.05) is 0 Å². The number of ether oxygens (including phenoxy) is 1. The molecule has 2 aromatic carbocycles. The number of carbonyl (C=O) groups is 1. The molecule has 6 nitrogen and oxygen atoms in total. The van der Waals surface area contributed by atoms with Crippen LogP contribution in [0.3, 0.4) is 0 Å². The maximum Gasteiger partial charge on any atom is 0.261 e. The lowest BCUT2D eigenvalue weighted by Crippen LogP contribution is -2.36. The third-order valence-corrected chi connectivity index (χ3v) is 4.46. The highest BCUT2D eigenvalue weighted by Crippen LogP contribution is 2.21. The summed E-state index contributed by atoms with van der Waals surface area (Å²) in [5, 5.41) is 6.70. The van der Waals surface area contributed by atoms with Gasteiger partial charge in [-0.3, -0.25) is 4.79 Å². The van der Waals surface area contributed by atoms with Crippen LogP contribution in [0.2, 0.25) is 0 Å². The van der Waals surface area contributed by atoms with E-state index in [1.165, 1.54) is 0 Å². The number of halogens is 1. The molecular weight excluding hydrogens is 410 g/mol. The van der Waals surface area contributed by atoms with Crippen molar-refractivity contribution in [1.29, 1.82) is 0 Å². The molecule has 0 bridgehead atoms. The quantitative estimate of drug-likeness (QED) is 0.635. The molecule has 7 heteroatoms. The number of hydrogen-bond donors (Lipinski definition) is 1. The number of nitrogens with zero attached hydrogens (tertiary/aromatic N) is 2. The van der Waals surface area contributed by atoms with E-state index < -0.39 is 6.10 Å². The molecule has 0 saturated carbocycles. The van der Waals surface area contributed by atoms with Crippen molar-refractivity contribution >= 4 is 21.8 Å². The van der Waals surface area contributed by atoms with Crippen molar-refractivity contribution < 1.29 is 14.1 Å². The van der Waals surface area contributed by atoms with Crippen molar-refractivity contribution in [2.24, 2.45) is 0 Å². The van der Waals surface area contributed by atoms with Crippen LogP contribution in [0.25, 0.3) is 11.4 Å². The number of nitrogens with one attached hydrogen (secondary N) is 1. The predicted molar refractivity (Wildman–Crippen MR) is 105 cm³/mol. The number of hydrogen-bond acceptors (Lipinski definition) is 5. The van der Waals surface area contributed by atoms with Gasteiger partial charge in [0, 0.05) is 10.0 Å². The Balaban J connectivity index is 1.57. The zero-order valence-electron chi connectivity index (χ0n) is 15.3. The molecule has 0 saturated heterocycles. The molecule has 0 unspecified atom stereocenters. The van der Waals surface area contributed by atoms with E-state index in [2.05, 4.69) is 31.4 Å². The number of carbonyl (C=O) groups excluding carboxylic acids is 1. The fourth-order valence-electron chi connectivity index (χ4n) is 2.55. The molecule has 0 aliphatic carbocycles. The fraction of sp³-hybridized carbons (Fsp3) is 0.250. The lowest BCUT2D eigenvalue weighted by molar-refractivity contribution is -0.127. The molecule has 0 aliphatic rings. The van der Waals surface area contributed by atoms with Crippen molar-refractivity contribution in [3.63, 3.8) is 0 Å². The van der Waals surface area contributed by atoms with E-state index in [1.807, 2.05) is 56.3 Å². The molecule has 1 heterocycles. The maximum atomic E-state index is 12.3. The molecule has 0 spiro atoms. The van der Waals surface area contributed by atoms with E-state index in [0.29, 0.717) is 17.5 Å². The van der Waals surface area contributed by atoms with Gasteiger partial charge in [0.25, 0.3) is 5.91 Å². The van der Waals surface area contributed by atoms with Gasteiger partial charge in [-0.1, -0.05) is 50.9 Å². The minimum Gasteiger partial charge on any atom is -0.481 e. The summed E-state index contributed by atoms with van der Waals surface area (Å²) < 4.78 is 11.9. The highest BCUT2D eigenvalue weighted by Gasteiger charge is 2.17. The first-order valence-corrected chi connectivity index (χ1v) is 9.32. The van der Waals surface area contributed by atoms with E-state index in [1.54, 1.807) is 6.92 Å². The van der Waals surface area contributed by atoms with Crippen molar-refractivity contribution in [2.45, 2.75) is 33.4 Å². The molecule has 1 aromatic heterocycles. The van der Waals surface area contributed by atoms with Crippen LogP contribution in [0.15, 0.2) is 51.5 Å². The van der Waals surface area contributed by atoms with Crippen LogP contribution in [-0.2, 0) is 11.3 Å². The average molecular weight is 430 g/mol. The second-order valence-electron chi connectivity index (χ2n) is 6.27. The summed E-state index contributed by atoms with van der Waals surface area (Å²) >= 11 is 3.41.